The summed E-state index contributed by atoms with van der Waals surface area (Å²) in [6.07, 6.45) is -0.897. The minimum absolute atomic E-state index is 0.149. The zero-order chi connectivity index (χ0) is 19.1. The van der Waals surface area contributed by atoms with Crippen molar-refractivity contribution in [1.82, 2.24) is 0 Å². The smallest absolute Gasteiger partial charge is 0.317 e. The molecule has 0 aromatic heterocycles. The molecule has 2 aromatic carbocycles. The third-order valence-electron chi connectivity index (χ3n) is 3.73. The Labute approximate surface area is 158 Å². The zero-order valence-corrected chi connectivity index (χ0v) is 16.2. The minimum Gasteiger partial charge on any atom is -0.495 e. The number of carbonyl (C=O) groups excluding carboxylic acids is 2. The van der Waals surface area contributed by atoms with Crippen molar-refractivity contribution in [3.05, 3.63) is 53.6 Å². The lowest BCUT2D eigenvalue weighted by atomic mass is 10.2. The molecule has 26 heavy (non-hydrogen) atoms. The number of esters is 1. The second-order valence-corrected chi connectivity index (χ2v) is 6.90. The van der Waals surface area contributed by atoms with Crippen molar-refractivity contribution in [2.45, 2.75) is 31.8 Å². The van der Waals surface area contributed by atoms with E-state index >= 15 is 0 Å². The van der Waals surface area contributed by atoms with Crippen molar-refractivity contribution in [2.75, 3.05) is 18.2 Å². The van der Waals surface area contributed by atoms with Gasteiger partial charge in [-0.2, -0.15) is 0 Å². The second-order valence-electron chi connectivity index (χ2n) is 5.88. The van der Waals surface area contributed by atoms with E-state index in [0.717, 1.165) is 16.0 Å². The topological polar surface area (TPSA) is 64.6 Å². The molecule has 0 saturated carbocycles. The molecule has 2 rings (SSSR count). The van der Waals surface area contributed by atoms with Gasteiger partial charge in [0.25, 0.3) is 5.91 Å². The maximum atomic E-state index is 12.2. The van der Waals surface area contributed by atoms with Gasteiger partial charge in [0.15, 0.2) is 6.10 Å². The van der Waals surface area contributed by atoms with Crippen molar-refractivity contribution < 1.29 is 19.1 Å². The van der Waals surface area contributed by atoms with Gasteiger partial charge in [-0.1, -0.05) is 29.8 Å². The maximum absolute atomic E-state index is 12.2. The summed E-state index contributed by atoms with van der Waals surface area (Å²) in [6.45, 7) is 5.55. The summed E-state index contributed by atoms with van der Waals surface area (Å²) in [5, 5.41) is 2.71. The number of carbonyl (C=O) groups is 2. The summed E-state index contributed by atoms with van der Waals surface area (Å²) in [5.74, 6) is -0.139. The predicted molar refractivity (Wildman–Crippen MR) is 104 cm³/mol. The fourth-order valence-electron chi connectivity index (χ4n) is 2.27. The molecule has 138 valence electrons. The summed E-state index contributed by atoms with van der Waals surface area (Å²) >= 11 is 1.41. The van der Waals surface area contributed by atoms with E-state index in [4.69, 9.17) is 9.47 Å². The molecule has 1 amide bonds. The monoisotopic (exact) mass is 373 g/mol. The maximum Gasteiger partial charge on any atom is 0.317 e. The van der Waals surface area contributed by atoms with Crippen LogP contribution in [0.25, 0.3) is 0 Å². The number of methoxy groups -OCH3 is 1. The van der Waals surface area contributed by atoms with Crippen LogP contribution in [0.3, 0.4) is 0 Å². The van der Waals surface area contributed by atoms with Gasteiger partial charge in [0, 0.05) is 4.90 Å². The van der Waals surface area contributed by atoms with Crippen LogP contribution in [-0.2, 0) is 14.3 Å². The molecule has 0 aliphatic carbocycles. The van der Waals surface area contributed by atoms with E-state index in [1.165, 1.54) is 18.9 Å². The van der Waals surface area contributed by atoms with Gasteiger partial charge in [0.05, 0.1) is 18.6 Å². The van der Waals surface area contributed by atoms with Gasteiger partial charge in [0.2, 0.25) is 0 Å². The second kappa shape index (κ2) is 9.29. The van der Waals surface area contributed by atoms with E-state index in [2.05, 4.69) is 5.32 Å². The Morgan fingerprint density at radius 3 is 2.62 bits per heavy atom. The molecular formula is C20H23NO4S. The van der Waals surface area contributed by atoms with Crippen LogP contribution in [-0.4, -0.2) is 30.8 Å². The summed E-state index contributed by atoms with van der Waals surface area (Å²) in [6, 6.07) is 13.1. The van der Waals surface area contributed by atoms with Gasteiger partial charge < -0.3 is 14.8 Å². The van der Waals surface area contributed by atoms with E-state index < -0.39 is 18.0 Å². The van der Waals surface area contributed by atoms with Gasteiger partial charge in [-0.25, -0.2) is 0 Å². The van der Waals surface area contributed by atoms with Crippen LogP contribution in [0.4, 0.5) is 5.69 Å². The fourth-order valence-corrected chi connectivity index (χ4v) is 3.17. The molecule has 0 heterocycles. The first-order valence-electron chi connectivity index (χ1n) is 8.24. The van der Waals surface area contributed by atoms with Crippen LogP contribution in [0.1, 0.15) is 18.1 Å². The highest BCUT2D eigenvalue weighted by atomic mass is 32.2. The average molecular weight is 373 g/mol. The van der Waals surface area contributed by atoms with Gasteiger partial charge >= 0.3 is 5.97 Å². The number of ether oxygens (including phenoxy) is 2. The van der Waals surface area contributed by atoms with Crippen LogP contribution in [0.2, 0.25) is 0 Å². The van der Waals surface area contributed by atoms with Gasteiger partial charge in [-0.3, -0.25) is 9.59 Å². The van der Waals surface area contributed by atoms with Crippen LogP contribution in [0, 0.1) is 13.8 Å². The van der Waals surface area contributed by atoms with E-state index in [-0.39, 0.29) is 5.75 Å². The Kier molecular flexibility index (Phi) is 7.09. The van der Waals surface area contributed by atoms with Gasteiger partial charge in [-0.05, 0) is 44.5 Å². The molecule has 1 atom stereocenters. The molecule has 0 fully saturated rings. The molecule has 0 aliphatic rings. The standard InChI is InChI=1S/C20H23NO4S/c1-13-9-10-14(2)18(11-13)26-12-19(22)25-15(3)20(23)21-16-7-5-6-8-17(16)24-4/h5-11,15H,12H2,1-4H3,(H,21,23)/t15-/m1/s1. The van der Waals surface area contributed by atoms with Crippen LogP contribution in [0.15, 0.2) is 47.4 Å². The predicted octanol–water partition coefficient (Wildman–Crippen LogP) is 3.97. The molecule has 0 saturated heterocycles. The molecular weight excluding hydrogens is 350 g/mol. The zero-order valence-electron chi connectivity index (χ0n) is 15.4. The molecule has 0 spiro atoms. The van der Waals surface area contributed by atoms with Crippen LogP contribution < -0.4 is 10.1 Å². The molecule has 6 heteroatoms. The molecule has 1 N–H and O–H groups in total. The van der Waals surface area contributed by atoms with E-state index in [1.807, 2.05) is 38.1 Å². The quantitative estimate of drug-likeness (QED) is 0.588. The summed E-state index contributed by atoms with van der Waals surface area (Å²) in [5.41, 5.74) is 2.78. The first-order chi connectivity index (χ1) is 12.4. The number of aryl methyl sites for hydroxylation is 2. The van der Waals surface area contributed by atoms with Crippen molar-refractivity contribution in [2.24, 2.45) is 0 Å². The fraction of sp³-hybridized carbons (Fsp3) is 0.300. The lowest BCUT2D eigenvalue weighted by molar-refractivity contribution is -0.150. The number of hydrogen-bond acceptors (Lipinski definition) is 5. The number of benzene rings is 2. The molecule has 0 bridgehead atoms. The minimum atomic E-state index is -0.897. The third-order valence-corrected chi connectivity index (χ3v) is 4.86. The van der Waals surface area contributed by atoms with E-state index in [9.17, 15) is 9.59 Å². The number of thioether (sulfide) groups is 1. The summed E-state index contributed by atoms with van der Waals surface area (Å²) in [4.78, 5) is 25.3. The highest BCUT2D eigenvalue weighted by molar-refractivity contribution is 8.00. The first kappa shape index (κ1) is 19.8. The van der Waals surface area contributed by atoms with Gasteiger partial charge in [-0.15, -0.1) is 11.8 Å². The molecule has 0 unspecified atom stereocenters. The number of hydrogen-bond donors (Lipinski definition) is 1. The molecule has 0 radical (unpaired) electrons. The van der Waals surface area contributed by atoms with Crippen molar-refractivity contribution in [3.8, 4) is 5.75 Å². The number of anilines is 1. The first-order valence-corrected chi connectivity index (χ1v) is 9.22. The third kappa shape index (κ3) is 5.52. The Hall–Kier alpha value is -2.47. The highest BCUT2D eigenvalue weighted by Gasteiger charge is 2.19. The van der Waals surface area contributed by atoms with Crippen molar-refractivity contribution in [3.63, 3.8) is 0 Å². The molecule has 5 nitrogen and oxygen atoms in total. The Morgan fingerprint density at radius 2 is 1.88 bits per heavy atom. The normalized spacial score (nSPS) is 11.5. The highest BCUT2D eigenvalue weighted by Crippen LogP contribution is 2.25. The lowest BCUT2D eigenvalue weighted by Gasteiger charge is -2.15. The van der Waals surface area contributed by atoms with Crippen molar-refractivity contribution >= 4 is 29.3 Å². The Bertz CT molecular complexity index is 791. The number of nitrogens with one attached hydrogen (secondary N) is 1. The van der Waals surface area contributed by atoms with Crippen LogP contribution in [0.5, 0.6) is 5.75 Å². The van der Waals surface area contributed by atoms with Crippen molar-refractivity contribution in [1.29, 1.82) is 0 Å². The lowest BCUT2D eigenvalue weighted by Crippen LogP contribution is -2.30. The summed E-state index contributed by atoms with van der Waals surface area (Å²) < 4.78 is 10.4. The number of para-hydroxylation sites is 2. The Balaban J connectivity index is 1.88. The summed E-state index contributed by atoms with van der Waals surface area (Å²) in [7, 11) is 1.53. The number of rotatable bonds is 7. The average Bonchev–Trinajstić information content (AvgIpc) is 2.62. The Morgan fingerprint density at radius 1 is 1.15 bits per heavy atom. The van der Waals surface area contributed by atoms with Crippen LogP contribution >= 0.6 is 11.8 Å². The van der Waals surface area contributed by atoms with Gasteiger partial charge in [0.1, 0.15) is 5.75 Å². The largest absolute Gasteiger partial charge is 0.495 e. The van der Waals surface area contributed by atoms with E-state index in [1.54, 1.807) is 25.1 Å². The molecule has 0 aliphatic heterocycles. The SMILES string of the molecule is COc1ccccc1NC(=O)[C@@H](C)OC(=O)CSc1cc(C)ccc1C. The molecule has 2 aromatic rings. The number of amides is 1. The van der Waals surface area contributed by atoms with E-state index in [0.29, 0.717) is 11.4 Å².